The Morgan fingerprint density at radius 3 is 2.43 bits per heavy atom. The Morgan fingerprint density at radius 1 is 1.18 bits per heavy atom. The Labute approximate surface area is 265 Å². The number of allylic oxidation sites excluding steroid dienone is 2. The van der Waals surface area contributed by atoms with Crippen molar-refractivity contribution in [3.63, 3.8) is 0 Å². The number of likely N-dealkylation sites (N-methyl/N-ethyl adjacent to an activating group) is 1. The minimum absolute atomic E-state index is 0. The second kappa shape index (κ2) is 16.3. The smallest absolute Gasteiger partial charge is 0.325 e. The van der Waals surface area contributed by atoms with E-state index in [-0.39, 0.29) is 14.8 Å². The molecule has 3 aromatic rings. The lowest BCUT2D eigenvalue weighted by Gasteiger charge is -2.36. The number of fused-ring (bicyclic) bond motifs is 1. The van der Waals surface area contributed by atoms with Gasteiger partial charge in [-0.25, -0.2) is 23.3 Å². The summed E-state index contributed by atoms with van der Waals surface area (Å²) < 4.78 is 58.3. The molecular formula is C31H45F2N5O4S2. The van der Waals surface area contributed by atoms with Crippen LogP contribution in [-0.2, 0) is 21.4 Å². The summed E-state index contributed by atoms with van der Waals surface area (Å²) in [6, 6.07) is 4.97. The van der Waals surface area contributed by atoms with E-state index in [0.717, 1.165) is 26.7 Å². The normalized spacial score (nSPS) is 15.3. The lowest BCUT2D eigenvalue weighted by molar-refractivity contribution is -0.120. The predicted octanol–water partition coefficient (Wildman–Crippen LogP) is 7.18. The van der Waals surface area contributed by atoms with E-state index in [1.807, 2.05) is 32.4 Å². The molecule has 1 aliphatic rings. The number of nitrogens with zero attached hydrogens (tertiary/aromatic N) is 3. The van der Waals surface area contributed by atoms with Crippen molar-refractivity contribution in [2.45, 2.75) is 72.9 Å². The van der Waals surface area contributed by atoms with Crippen LogP contribution in [0, 0.1) is 11.6 Å². The zero-order chi connectivity index (χ0) is 33.2. The zero-order valence-corrected chi connectivity index (χ0v) is 27.8. The van der Waals surface area contributed by atoms with Crippen molar-refractivity contribution >= 4 is 49.4 Å². The Balaban J connectivity index is 0.00000325. The maximum Gasteiger partial charge on any atom is 0.330 e. The van der Waals surface area contributed by atoms with Gasteiger partial charge < -0.3 is 10.2 Å². The van der Waals surface area contributed by atoms with E-state index >= 15 is 0 Å². The van der Waals surface area contributed by atoms with Gasteiger partial charge in [-0.3, -0.25) is 9.10 Å². The summed E-state index contributed by atoms with van der Waals surface area (Å²) in [6.07, 6.45) is 2.34. The number of hydrogen-bond donors (Lipinski definition) is 2. The molecule has 9 nitrogen and oxygen atoms in total. The van der Waals surface area contributed by atoms with Gasteiger partial charge in [-0.15, -0.1) is 11.3 Å². The van der Waals surface area contributed by atoms with E-state index < -0.39 is 45.9 Å². The summed E-state index contributed by atoms with van der Waals surface area (Å²) in [4.78, 5) is 32.1. The van der Waals surface area contributed by atoms with Gasteiger partial charge in [0.15, 0.2) is 0 Å². The molecule has 1 aromatic heterocycles. The Kier molecular flexibility index (Phi) is 13.5. The van der Waals surface area contributed by atoms with Gasteiger partial charge in [0.25, 0.3) is 0 Å². The molecule has 0 saturated carbocycles. The molecule has 1 aliphatic heterocycles. The summed E-state index contributed by atoms with van der Waals surface area (Å²) >= 11 is 1.43. The molecule has 2 atom stereocenters. The zero-order valence-electron chi connectivity index (χ0n) is 26.1. The topological polar surface area (TPSA) is 112 Å². The van der Waals surface area contributed by atoms with Gasteiger partial charge in [0.1, 0.15) is 17.7 Å². The van der Waals surface area contributed by atoms with E-state index in [2.05, 4.69) is 16.9 Å². The molecular weight excluding hydrogens is 609 g/mol. The highest BCUT2D eigenvalue weighted by Gasteiger charge is 2.34. The monoisotopic (exact) mass is 653 g/mol. The number of amides is 3. The molecule has 0 radical (unpaired) electrons. The Hall–Kier alpha value is -3.84. The highest BCUT2D eigenvalue weighted by atomic mass is 32.2. The number of anilines is 1. The number of urea groups is 1. The van der Waals surface area contributed by atoms with Gasteiger partial charge in [-0.2, -0.15) is 8.42 Å². The summed E-state index contributed by atoms with van der Waals surface area (Å²) in [5.41, 5.74) is 4.07. The van der Waals surface area contributed by atoms with Crippen molar-refractivity contribution in [3.8, 4) is 0 Å². The minimum atomic E-state index is -4.38. The molecule has 0 bridgehead atoms. The second-order valence-corrected chi connectivity index (χ2v) is 12.0. The van der Waals surface area contributed by atoms with Crippen molar-refractivity contribution in [2.75, 3.05) is 11.9 Å². The largest absolute Gasteiger partial charge is 0.330 e. The highest BCUT2D eigenvalue weighted by Crippen LogP contribution is 2.29. The predicted molar refractivity (Wildman–Crippen MR) is 178 cm³/mol. The average molecular weight is 654 g/mol. The Morgan fingerprint density at radius 2 is 1.82 bits per heavy atom. The van der Waals surface area contributed by atoms with Crippen LogP contribution in [0.3, 0.4) is 0 Å². The molecule has 13 heteroatoms. The first kappa shape index (κ1) is 36.4. The molecule has 2 heterocycles. The standard InChI is InChI=1S/C27H29F2N5O4S2.2C2H6.2H2/c1-5-24-16(2)6-7-17(3)34(24)40(37,38)32-27(36)31-23(12-18-10-19(28)13-20(29)11-18)26(35)33(4)21-8-9-25-22(14-21)30-15-39-25;2*1-2;;/h5,8-11,13-15,17,23H,1,6-7,12H2,2-4H3,(H2,31,32,36);2*1-2H3;2*1H/t17?,23-;;;;/m0..../s1. The second-order valence-electron chi connectivity index (χ2n) is 9.57. The van der Waals surface area contributed by atoms with Crippen LogP contribution in [0.15, 0.2) is 65.8 Å². The van der Waals surface area contributed by atoms with Crippen molar-refractivity contribution in [1.29, 1.82) is 0 Å². The van der Waals surface area contributed by atoms with Gasteiger partial charge in [0, 0.05) is 34.1 Å². The van der Waals surface area contributed by atoms with Crippen LogP contribution < -0.4 is 14.9 Å². The molecule has 0 aliphatic carbocycles. The van der Waals surface area contributed by atoms with Crippen LogP contribution >= 0.6 is 11.3 Å². The molecule has 2 N–H and O–H groups in total. The highest BCUT2D eigenvalue weighted by molar-refractivity contribution is 7.87. The Bertz CT molecular complexity index is 1600. The lowest BCUT2D eigenvalue weighted by atomic mass is 10.0. The van der Waals surface area contributed by atoms with E-state index in [1.165, 1.54) is 29.4 Å². The maximum absolute atomic E-state index is 13.9. The summed E-state index contributed by atoms with van der Waals surface area (Å²) in [5.74, 6) is -2.34. The van der Waals surface area contributed by atoms with Crippen molar-refractivity contribution in [3.05, 3.63) is 83.0 Å². The maximum atomic E-state index is 13.9. The quantitative estimate of drug-likeness (QED) is 0.268. The van der Waals surface area contributed by atoms with Gasteiger partial charge in [0.05, 0.1) is 21.4 Å². The third kappa shape index (κ3) is 8.85. The minimum Gasteiger partial charge on any atom is -0.325 e. The fourth-order valence-corrected chi connectivity index (χ4v) is 6.78. The number of nitrogens with one attached hydrogen (secondary N) is 2. The van der Waals surface area contributed by atoms with Crippen LogP contribution in [0.4, 0.5) is 19.3 Å². The van der Waals surface area contributed by atoms with Crippen LogP contribution in [0.2, 0.25) is 0 Å². The molecule has 244 valence electrons. The van der Waals surface area contributed by atoms with Crippen LogP contribution in [0.5, 0.6) is 0 Å². The first-order chi connectivity index (χ1) is 20.9. The van der Waals surface area contributed by atoms with E-state index in [4.69, 9.17) is 0 Å². The molecule has 1 unspecified atom stereocenters. The summed E-state index contributed by atoms with van der Waals surface area (Å²) in [7, 11) is -2.91. The number of rotatable bonds is 8. The lowest BCUT2D eigenvalue weighted by Crippen LogP contribution is -2.55. The molecule has 2 aromatic carbocycles. The van der Waals surface area contributed by atoms with Gasteiger partial charge >= 0.3 is 16.2 Å². The molecule has 0 fully saturated rings. The third-order valence-electron chi connectivity index (χ3n) is 6.68. The van der Waals surface area contributed by atoms with Crippen molar-refractivity contribution < 1.29 is 29.6 Å². The number of halogens is 2. The van der Waals surface area contributed by atoms with Gasteiger partial charge in [0.2, 0.25) is 5.91 Å². The number of carbonyl (C=O) groups excluding carboxylic acids is 2. The first-order valence-corrected chi connectivity index (χ1v) is 16.7. The van der Waals surface area contributed by atoms with Gasteiger partial charge in [-0.1, -0.05) is 34.3 Å². The van der Waals surface area contributed by atoms with Crippen LogP contribution in [0.25, 0.3) is 10.2 Å². The first-order valence-electron chi connectivity index (χ1n) is 14.4. The van der Waals surface area contributed by atoms with Crippen LogP contribution in [-0.4, -0.2) is 48.8 Å². The molecule has 4 rings (SSSR count). The summed E-state index contributed by atoms with van der Waals surface area (Å²) in [6.45, 7) is 15.2. The van der Waals surface area contributed by atoms with Crippen molar-refractivity contribution in [1.82, 2.24) is 19.3 Å². The number of hydrogen-bond acceptors (Lipinski definition) is 6. The number of benzene rings is 2. The van der Waals surface area contributed by atoms with E-state index in [0.29, 0.717) is 35.8 Å². The molecule has 0 spiro atoms. The van der Waals surface area contributed by atoms with Crippen molar-refractivity contribution in [2.24, 2.45) is 0 Å². The third-order valence-corrected chi connectivity index (χ3v) is 9.01. The van der Waals surface area contributed by atoms with E-state index in [9.17, 15) is 26.8 Å². The molecule has 0 saturated heterocycles. The number of thiazole rings is 1. The fraction of sp³-hybridized carbons (Fsp3) is 0.387. The van der Waals surface area contributed by atoms with Crippen LogP contribution in [0.1, 0.15) is 62.8 Å². The number of aromatic nitrogens is 1. The number of carbonyl (C=O) groups is 2. The fourth-order valence-electron chi connectivity index (χ4n) is 4.66. The molecule has 3 amide bonds. The van der Waals surface area contributed by atoms with Gasteiger partial charge in [-0.05, 0) is 74.2 Å². The van der Waals surface area contributed by atoms with E-state index in [1.54, 1.807) is 37.6 Å². The average Bonchev–Trinajstić information content (AvgIpc) is 3.46. The SMILES string of the molecule is C=CC1=C(C)CCC(C)N1S(=O)(=O)NC(=O)N[C@@H](Cc1cc(F)cc(F)c1)C(=O)N(C)c1ccc2scnc2c1.CC.CC.[HH].[HH]. The summed E-state index contributed by atoms with van der Waals surface area (Å²) in [5, 5.41) is 2.39. The molecule has 44 heavy (non-hydrogen) atoms.